The van der Waals surface area contributed by atoms with Gasteiger partial charge >= 0.3 is 11.8 Å². The van der Waals surface area contributed by atoms with Crippen molar-refractivity contribution < 1.29 is 18.4 Å². The van der Waals surface area contributed by atoms with Gasteiger partial charge in [-0.25, -0.2) is 8.78 Å². The van der Waals surface area contributed by atoms with E-state index in [1.165, 1.54) is 0 Å². The Morgan fingerprint density at radius 3 is 2.33 bits per heavy atom. The summed E-state index contributed by atoms with van der Waals surface area (Å²) < 4.78 is 27.0. The van der Waals surface area contributed by atoms with Gasteiger partial charge < -0.3 is 15.5 Å². The Bertz CT molecular complexity index is 897. The highest BCUT2D eigenvalue weighted by Gasteiger charge is 2.25. The van der Waals surface area contributed by atoms with E-state index in [4.69, 9.17) is 0 Å². The summed E-state index contributed by atoms with van der Waals surface area (Å²) in [6.45, 7) is 2.06. The van der Waals surface area contributed by atoms with Crippen molar-refractivity contribution in [3.05, 3.63) is 59.7 Å². The summed E-state index contributed by atoms with van der Waals surface area (Å²) in [7, 11) is 3.93. The van der Waals surface area contributed by atoms with Gasteiger partial charge in [-0.2, -0.15) is 0 Å². The SMILES string of the molecule is CN(C)c1ccc(C(CNC(=O)C(=O)Nc2cc(F)ccc2F)N2CCCC2)cc1. The molecule has 2 aromatic carbocycles. The van der Waals surface area contributed by atoms with Gasteiger partial charge in [0.1, 0.15) is 11.6 Å². The van der Waals surface area contributed by atoms with Gasteiger partial charge in [0.05, 0.1) is 11.7 Å². The zero-order chi connectivity index (χ0) is 21.7. The third kappa shape index (κ3) is 5.33. The minimum Gasteiger partial charge on any atom is -0.378 e. The van der Waals surface area contributed by atoms with E-state index < -0.39 is 23.4 Å². The molecular weight excluding hydrogens is 390 g/mol. The highest BCUT2D eigenvalue weighted by molar-refractivity contribution is 6.39. The van der Waals surface area contributed by atoms with Crippen molar-refractivity contribution in [2.45, 2.75) is 18.9 Å². The van der Waals surface area contributed by atoms with Crippen molar-refractivity contribution in [2.24, 2.45) is 0 Å². The maximum Gasteiger partial charge on any atom is 0.313 e. The molecule has 2 N–H and O–H groups in total. The molecule has 160 valence electrons. The van der Waals surface area contributed by atoms with E-state index in [0.29, 0.717) is 0 Å². The number of nitrogens with one attached hydrogen (secondary N) is 2. The number of halogens is 2. The Balaban J connectivity index is 1.66. The molecular formula is C22H26F2N4O2. The topological polar surface area (TPSA) is 64.7 Å². The molecule has 2 aromatic rings. The second-order valence-corrected chi connectivity index (χ2v) is 7.53. The number of likely N-dealkylation sites (tertiary alicyclic amines) is 1. The van der Waals surface area contributed by atoms with Crippen molar-refractivity contribution in [2.75, 3.05) is 43.9 Å². The van der Waals surface area contributed by atoms with Crippen molar-refractivity contribution in [1.82, 2.24) is 10.2 Å². The number of benzene rings is 2. The van der Waals surface area contributed by atoms with Gasteiger partial charge in [-0.3, -0.25) is 14.5 Å². The fourth-order valence-electron chi connectivity index (χ4n) is 3.55. The minimum atomic E-state index is -1.04. The number of anilines is 2. The van der Waals surface area contributed by atoms with Gasteiger partial charge in [0.15, 0.2) is 0 Å². The van der Waals surface area contributed by atoms with E-state index in [-0.39, 0.29) is 18.3 Å². The number of carbonyl (C=O) groups is 2. The number of amides is 2. The number of nitrogens with zero attached hydrogens (tertiary/aromatic N) is 2. The molecule has 1 aliphatic rings. The molecule has 8 heteroatoms. The lowest BCUT2D eigenvalue weighted by Gasteiger charge is -2.28. The van der Waals surface area contributed by atoms with Gasteiger partial charge in [-0.05, 0) is 55.8 Å². The summed E-state index contributed by atoms with van der Waals surface area (Å²) >= 11 is 0. The molecule has 1 fully saturated rings. The zero-order valence-electron chi connectivity index (χ0n) is 17.1. The summed E-state index contributed by atoms with van der Waals surface area (Å²) in [4.78, 5) is 28.7. The molecule has 1 aliphatic heterocycles. The normalized spacial score (nSPS) is 14.9. The van der Waals surface area contributed by atoms with E-state index >= 15 is 0 Å². The Morgan fingerprint density at radius 1 is 1.03 bits per heavy atom. The first-order chi connectivity index (χ1) is 14.3. The first-order valence-corrected chi connectivity index (χ1v) is 9.90. The van der Waals surface area contributed by atoms with Crippen LogP contribution in [0.15, 0.2) is 42.5 Å². The molecule has 3 rings (SSSR count). The number of hydrogen-bond acceptors (Lipinski definition) is 4. The van der Waals surface area contributed by atoms with Crippen LogP contribution in [0.2, 0.25) is 0 Å². The summed E-state index contributed by atoms with van der Waals surface area (Å²) in [5.41, 5.74) is 1.74. The quantitative estimate of drug-likeness (QED) is 0.711. The largest absolute Gasteiger partial charge is 0.378 e. The molecule has 1 saturated heterocycles. The lowest BCUT2D eigenvalue weighted by Crippen LogP contribution is -2.41. The third-order valence-electron chi connectivity index (χ3n) is 5.21. The molecule has 1 atom stereocenters. The third-order valence-corrected chi connectivity index (χ3v) is 5.21. The number of carbonyl (C=O) groups excluding carboxylic acids is 2. The van der Waals surface area contributed by atoms with Crippen LogP contribution in [0.3, 0.4) is 0 Å². The van der Waals surface area contributed by atoms with Crippen LogP contribution in [0, 0.1) is 11.6 Å². The van der Waals surface area contributed by atoms with Crippen LogP contribution in [-0.4, -0.2) is 50.4 Å². The van der Waals surface area contributed by atoms with Crippen LogP contribution in [0.4, 0.5) is 20.2 Å². The second kappa shape index (κ2) is 9.67. The summed E-state index contributed by atoms with van der Waals surface area (Å²) in [5, 5.41) is 4.75. The molecule has 0 bridgehead atoms. The lowest BCUT2D eigenvalue weighted by atomic mass is 10.0. The fourth-order valence-corrected chi connectivity index (χ4v) is 3.55. The molecule has 0 aliphatic carbocycles. The first-order valence-electron chi connectivity index (χ1n) is 9.90. The van der Waals surface area contributed by atoms with Crippen LogP contribution in [-0.2, 0) is 9.59 Å². The Hall–Kier alpha value is -3.00. The predicted molar refractivity (Wildman–Crippen MR) is 112 cm³/mol. The van der Waals surface area contributed by atoms with E-state index in [9.17, 15) is 18.4 Å². The van der Waals surface area contributed by atoms with Crippen molar-refractivity contribution in [1.29, 1.82) is 0 Å². The number of rotatable bonds is 6. The fraction of sp³-hybridized carbons (Fsp3) is 0.364. The monoisotopic (exact) mass is 416 g/mol. The van der Waals surface area contributed by atoms with Gasteiger partial charge in [-0.1, -0.05) is 12.1 Å². The van der Waals surface area contributed by atoms with Crippen LogP contribution in [0.5, 0.6) is 0 Å². The lowest BCUT2D eigenvalue weighted by molar-refractivity contribution is -0.136. The molecule has 6 nitrogen and oxygen atoms in total. The maximum absolute atomic E-state index is 13.7. The van der Waals surface area contributed by atoms with Crippen LogP contribution < -0.4 is 15.5 Å². The zero-order valence-corrected chi connectivity index (χ0v) is 17.1. The Labute approximate surface area is 174 Å². The average molecular weight is 416 g/mol. The van der Waals surface area contributed by atoms with E-state index in [0.717, 1.165) is 55.4 Å². The van der Waals surface area contributed by atoms with Crippen LogP contribution in [0.1, 0.15) is 24.4 Å². The Kier molecular flexibility index (Phi) is 6.99. The average Bonchev–Trinajstić information content (AvgIpc) is 3.25. The molecule has 1 unspecified atom stereocenters. The van der Waals surface area contributed by atoms with E-state index in [2.05, 4.69) is 15.5 Å². The highest BCUT2D eigenvalue weighted by Crippen LogP contribution is 2.26. The van der Waals surface area contributed by atoms with Crippen LogP contribution >= 0.6 is 0 Å². The molecule has 0 aromatic heterocycles. The predicted octanol–water partition coefficient (Wildman–Crippen LogP) is 2.92. The summed E-state index contributed by atoms with van der Waals surface area (Å²) in [5.74, 6) is -3.45. The van der Waals surface area contributed by atoms with Crippen molar-refractivity contribution in [3.8, 4) is 0 Å². The van der Waals surface area contributed by atoms with Gasteiger partial charge in [0.25, 0.3) is 0 Å². The van der Waals surface area contributed by atoms with Gasteiger partial charge in [0, 0.05) is 32.4 Å². The molecule has 30 heavy (non-hydrogen) atoms. The smallest absolute Gasteiger partial charge is 0.313 e. The minimum absolute atomic E-state index is 0.0774. The van der Waals surface area contributed by atoms with Crippen molar-refractivity contribution >= 4 is 23.2 Å². The molecule has 0 saturated carbocycles. The van der Waals surface area contributed by atoms with Crippen LogP contribution in [0.25, 0.3) is 0 Å². The summed E-state index contributed by atoms with van der Waals surface area (Å²) in [6, 6.07) is 10.7. The molecule has 1 heterocycles. The molecule has 2 amide bonds. The van der Waals surface area contributed by atoms with E-state index in [1.54, 1.807) is 0 Å². The molecule has 0 spiro atoms. The van der Waals surface area contributed by atoms with Gasteiger partial charge in [0.2, 0.25) is 0 Å². The highest BCUT2D eigenvalue weighted by atomic mass is 19.1. The standard InChI is InChI=1S/C22H26F2N4O2/c1-27(2)17-8-5-15(6-9-17)20(28-11-3-4-12-28)14-25-21(29)22(30)26-19-13-16(23)7-10-18(19)24/h5-10,13,20H,3-4,11-12,14H2,1-2H3,(H,25,29)(H,26,30). The summed E-state index contributed by atoms with van der Waals surface area (Å²) in [6.07, 6.45) is 2.17. The second-order valence-electron chi connectivity index (χ2n) is 7.53. The van der Waals surface area contributed by atoms with Gasteiger partial charge in [-0.15, -0.1) is 0 Å². The Morgan fingerprint density at radius 2 is 1.70 bits per heavy atom. The number of hydrogen-bond donors (Lipinski definition) is 2. The van der Waals surface area contributed by atoms with E-state index in [1.807, 2.05) is 43.3 Å². The molecule has 0 radical (unpaired) electrons. The first kappa shape index (κ1) is 21.7. The van der Waals surface area contributed by atoms with Crippen molar-refractivity contribution in [3.63, 3.8) is 0 Å². The maximum atomic E-state index is 13.7.